The fourth-order valence-corrected chi connectivity index (χ4v) is 3.69. The van der Waals surface area contributed by atoms with Gasteiger partial charge in [0.15, 0.2) is 0 Å². The first-order valence-corrected chi connectivity index (χ1v) is 8.79. The SMILES string of the molecule is CCC1CCC(N(C(=O)CNCC2CC2)C2CC2)CC1.Cl. The summed E-state index contributed by atoms with van der Waals surface area (Å²) in [6.07, 6.45) is 11.6. The Morgan fingerprint density at radius 2 is 1.48 bits per heavy atom. The van der Waals surface area contributed by atoms with Gasteiger partial charge >= 0.3 is 0 Å². The van der Waals surface area contributed by atoms with Crippen LogP contribution in [0.2, 0.25) is 0 Å². The Morgan fingerprint density at radius 1 is 0.952 bits per heavy atom. The third kappa shape index (κ3) is 4.85. The van der Waals surface area contributed by atoms with Crippen molar-refractivity contribution in [1.82, 2.24) is 10.2 Å². The van der Waals surface area contributed by atoms with Crippen molar-refractivity contribution in [3.05, 3.63) is 0 Å². The Kier molecular flexibility index (Phi) is 6.36. The van der Waals surface area contributed by atoms with Gasteiger partial charge in [0.2, 0.25) is 5.91 Å². The van der Waals surface area contributed by atoms with Crippen molar-refractivity contribution < 1.29 is 4.79 Å². The average molecular weight is 315 g/mol. The van der Waals surface area contributed by atoms with Crippen LogP contribution in [0.3, 0.4) is 0 Å². The smallest absolute Gasteiger partial charge is 0.237 e. The first-order valence-electron chi connectivity index (χ1n) is 8.79. The predicted octanol–water partition coefficient (Wildman–Crippen LogP) is 3.37. The normalized spacial score (nSPS) is 28.8. The van der Waals surface area contributed by atoms with Gasteiger partial charge in [-0.15, -0.1) is 12.4 Å². The van der Waals surface area contributed by atoms with Crippen LogP contribution < -0.4 is 5.32 Å². The minimum atomic E-state index is 0. The molecular formula is C17H31ClN2O. The van der Waals surface area contributed by atoms with Crippen molar-refractivity contribution >= 4 is 18.3 Å². The van der Waals surface area contributed by atoms with Gasteiger partial charge < -0.3 is 10.2 Å². The maximum Gasteiger partial charge on any atom is 0.237 e. The molecule has 3 rings (SSSR count). The Hall–Kier alpha value is -0.280. The third-order valence-corrected chi connectivity index (χ3v) is 5.42. The van der Waals surface area contributed by atoms with E-state index in [0.29, 0.717) is 24.5 Å². The summed E-state index contributed by atoms with van der Waals surface area (Å²) in [6.45, 7) is 3.92. The van der Waals surface area contributed by atoms with Crippen LogP contribution in [0.1, 0.15) is 64.7 Å². The van der Waals surface area contributed by atoms with Crippen LogP contribution in [0.5, 0.6) is 0 Å². The standard InChI is InChI=1S/C17H30N2O.ClH/c1-2-13-5-7-15(8-6-13)19(16-9-10-16)17(20)12-18-11-14-3-4-14;/h13-16,18H,2-12H2,1H3;1H. The second-order valence-corrected chi connectivity index (χ2v) is 7.19. The van der Waals surface area contributed by atoms with Crippen molar-refractivity contribution in [1.29, 1.82) is 0 Å². The van der Waals surface area contributed by atoms with Crippen LogP contribution in [0.15, 0.2) is 0 Å². The molecular weight excluding hydrogens is 284 g/mol. The van der Waals surface area contributed by atoms with Gasteiger partial charge in [-0.2, -0.15) is 0 Å². The molecule has 21 heavy (non-hydrogen) atoms. The second-order valence-electron chi connectivity index (χ2n) is 7.19. The van der Waals surface area contributed by atoms with Crippen molar-refractivity contribution in [3.63, 3.8) is 0 Å². The Labute approximate surface area is 135 Å². The molecule has 0 unspecified atom stereocenters. The lowest BCUT2D eigenvalue weighted by atomic mass is 9.84. The van der Waals surface area contributed by atoms with Crippen molar-refractivity contribution in [2.45, 2.75) is 76.8 Å². The highest BCUT2D eigenvalue weighted by atomic mass is 35.5. The second kappa shape index (κ2) is 7.82. The van der Waals surface area contributed by atoms with Crippen LogP contribution in [-0.4, -0.2) is 36.0 Å². The largest absolute Gasteiger partial charge is 0.336 e. The van der Waals surface area contributed by atoms with Crippen LogP contribution in [0, 0.1) is 11.8 Å². The molecule has 0 bridgehead atoms. The van der Waals surface area contributed by atoms with Crippen molar-refractivity contribution in [2.24, 2.45) is 11.8 Å². The molecule has 1 amide bonds. The van der Waals surface area contributed by atoms with Crippen LogP contribution in [-0.2, 0) is 4.79 Å². The number of nitrogens with zero attached hydrogens (tertiary/aromatic N) is 1. The summed E-state index contributed by atoms with van der Waals surface area (Å²) in [5.41, 5.74) is 0. The number of amides is 1. The first-order chi connectivity index (χ1) is 9.78. The molecule has 122 valence electrons. The average Bonchev–Trinajstić information content (AvgIpc) is 3.34. The summed E-state index contributed by atoms with van der Waals surface area (Å²) in [7, 11) is 0. The number of carbonyl (C=O) groups excluding carboxylic acids is 1. The van der Waals surface area contributed by atoms with E-state index in [2.05, 4.69) is 17.1 Å². The molecule has 0 aromatic rings. The molecule has 3 aliphatic carbocycles. The van der Waals surface area contributed by atoms with E-state index in [1.807, 2.05) is 0 Å². The zero-order valence-electron chi connectivity index (χ0n) is 13.4. The summed E-state index contributed by atoms with van der Waals surface area (Å²) in [4.78, 5) is 14.8. The summed E-state index contributed by atoms with van der Waals surface area (Å²) in [5, 5.41) is 3.38. The molecule has 0 aromatic heterocycles. The molecule has 0 radical (unpaired) electrons. The summed E-state index contributed by atoms with van der Waals surface area (Å²) < 4.78 is 0. The summed E-state index contributed by atoms with van der Waals surface area (Å²) in [6, 6.07) is 1.12. The Bertz CT molecular complexity index is 334. The van der Waals surface area contributed by atoms with Gasteiger partial charge in [0.25, 0.3) is 0 Å². The minimum absolute atomic E-state index is 0. The number of carbonyl (C=O) groups is 1. The quantitative estimate of drug-likeness (QED) is 0.781. The van der Waals surface area contributed by atoms with Gasteiger partial charge in [-0.05, 0) is 69.7 Å². The molecule has 4 heteroatoms. The maximum atomic E-state index is 12.5. The molecule has 0 aliphatic heterocycles. The highest BCUT2D eigenvalue weighted by Gasteiger charge is 2.38. The van der Waals surface area contributed by atoms with E-state index in [-0.39, 0.29) is 12.4 Å². The molecule has 0 atom stereocenters. The lowest BCUT2D eigenvalue weighted by Crippen LogP contribution is -2.47. The van der Waals surface area contributed by atoms with E-state index in [1.54, 1.807) is 0 Å². The van der Waals surface area contributed by atoms with E-state index in [0.717, 1.165) is 18.4 Å². The molecule has 3 aliphatic rings. The monoisotopic (exact) mass is 314 g/mol. The number of hydrogen-bond acceptors (Lipinski definition) is 2. The molecule has 0 heterocycles. The molecule has 0 saturated heterocycles. The van der Waals surface area contributed by atoms with E-state index < -0.39 is 0 Å². The lowest BCUT2D eigenvalue weighted by Gasteiger charge is -2.37. The molecule has 0 spiro atoms. The zero-order chi connectivity index (χ0) is 13.9. The Morgan fingerprint density at radius 3 is 1.95 bits per heavy atom. The zero-order valence-corrected chi connectivity index (χ0v) is 14.2. The van der Waals surface area contributed by atoms with Crippen molar-refractivity contribution in [2.75, 3.05) is 13.1 Å². The topological polar surface area (TPSA) is 32.3 Å². The highest BCUT2D eigenvalue weighted by molar-refractivity contribution is 5.85. The fraction of sp³-hybridized carbons (Fsp3) is 0.941. The predicted molar refractivity (Wildman–Crippen MR) is 88.7 cm³/mol. The number of halogens is 1. The van der Waals surface area contributed by atoms with Crippen molar-refractivity contribution in [3.8, 4) is 0 Å². The van der Waals surface area contributed by atoms with Gasteiger partial charge in [-0.3, -0.25) is 4.79 Å². The van der Waals surface area contributed by atoms with Gasteiger partial charge in [0.05, 0.1) is 6.54 Å². The lowest BCUT2D eigenvalue weighted by molar-refractivity contribution is -0.134. The van der Waals surface area contributed by atoms with E-state index in [4.69, 9.17) is 0 Å². The summed E-state index contributed by atoms with van der Waals surface area (Å²) >= 11 is 0. The number of rotatable bonds is 7. The van der Waals surface area contributed by atoms with Gasteiger partial charge in [0, 0.05) is 12.1 Å². The molecule has 3 saturated carbocycles. The van der Waals surface area contributed by atoms with E-state index >= 15 is 0 Å². The first kappa shape index (κ1) is 17.1. The fourth-order valence-electron chi connectivity index (χ4n) is 3.69. The van der Waals surface area contributed by atoms with Gasteiger partial charge in [0.1, 0.15) is 0 Å². The molecule has 3 nitrogen and oxygen atoms in total. The van der Waals surface area contributed by atoms with Crippen LogP contribution in [0.4, 0.5) is 0 Å². The summed E-state index contributed by atoms with van der Waals surface area (Å²) in [5.74, 6) is 2.14. The Balaban J connectivity index is 0.00000161. The molecule has 1 N–H and O–H groups in total. The maximum absolute atomic E-state index is 12.5. The highest BCUT2D eigenvalue weighted by Crippen LogP contribution is 2.36. The number of hydrogen-bond donors (Lipinski definition) is 1. The van der Waals surface area contributed by atoms with Gasteiger partial charge in [-0.1, -0.05) is 13.3 Å². The van der Waals surface area contributed by atoms with E-state index in [1.165, 1.54) is 57.8 Å². The molecule has 0 aromatic carbocycles. The van der Waals surface area contributed by atoms with Crippen LogP contribution >= 0.6 is 12.4 Å². The van der Waals surface area contributed by atoms with Gasteiger partial charge in [-0.25, -0.2) is 0 Å². The third-order valence-electron chi connectivity index (χ3n) is 5.42. The van der Waals surface area contributed by atoms with E-state index in [9.17, 15) is 4.79 Å². The van der Waals surface area contributed by atoms with Crippen LogP contribution in [0.25, 0.3) is 0 Å². The molecule has 3 fully saturated rings. The minimum Gasteiger partial charge on any atom is -0.336 e. The number of nitrogens with one attached hydrogen (secondary N) is 1.